The third-order valence-corrected chi connectivity index (χ3v) is 11.2. The van der Waals surface area contributed by atoms with Gasteiger partial charge in [0.25, 0.3) is 6.85 Å². The first-order valence-corrected chi connectivity index (χ1v) is 22.3. The average molecular weight is 798 g/mol. The highest BCUT2D eigenvalue weighted by Gasteiger charge is 2.32. The average Bonchev–Trinajstić information content (AvgIpc) is 3.15. The minimum atomic E-state index is -2.06. The lowest BCUT2D eigenvalue weighted by molar-refractivity contribution is 0.411. The van der Waals surface area contributed by atoms with E-state index in [4.69, 9.17) is 44.7 Å². The second-order valence-electron chi connectivity index (χ2n) is 18.4. The van der Waals surface area contributed by atoms with Gasteiger partial charge in [-0.25, -0.2) is 0 Å². The van der Waals surface area contributed by atoms with E-state index in [1.807, 2.05) is 12.1 Å². The molecule has 1 heterocycles. The van der Waals surface area contributed by atoms with Gasteiger partial charge in [-0.2, -0.15) is 0 Å². The van der Waals surface area contributed by atoms with E-state index in [-0.39, 0.29) is 21.7 Å². The predicted molar refractivity (Wildman–Crippen MR) is 229 cm³/mol. The summed E-state index contributed by atoms with van der Waals surface area (Å²) in [6.07, 6.45) is 0. The van der Waals surface area contributed by atoms with Gasteiger partial charge in [-0.05, 0) is 112 Å². The molecule has 0 N–H and O–H groups in total. The number of hydrogen-bond acceptors (Lipinski definition) is 5. The molecule has 4 aromatic carbocycles. The van der Waals surface area contributed by atoms with E-state index in [1.54, 1.807) is 7.11 Å². The van der Waals surface area contributed by atoms with Gasteiger partial charge in [0.05, 0.1) is 7.11 Å². The zero-order valence-electron chi connectivity index (χ0n) is 34.3. The Balaban J connectivity index is 2.01. The van der Waals surface area contributed by atoms with E-state index in [0.717, 1.165) is 72.0 Å². The first-order valence-electron chi connectivity index (χ1n) is 18.1. The zero-order valence-corrected chi connectivity index (χ0v) is 37.6. The van der Waals surface area contributed by atoms with Gasteiger partial charge in [0.15, 0.2) is 0 Å². The second kappa shape index (κ2) is 14.7. The maximum absolute atomic E-state index is 7.27. The van der Waals surface area contributed by atoms with Crippen molar-refractivity contribution in [2.24, 2.45) is 0 Å². The smallest absolute Gasteiger partial charge is 0.453 e. The molecule has 0 aliphatic rings. The lowest BCUT2D eigenvalue weighted by Gasteiger charge is -2.28. The molecule has 53 heavy (non-hydrogen) atoms. The van der Waals surface area contributed by atoms with Crippen LogP contribution in [0.15, 0.2) is 56.9 Å². The Bertz CT molecular complexity index is 2140. The Kier molecular flexibility index (Phi) is 11.5. The third-order valence-electron chi connectivity index (χ3n) is 9.47. The van der Waals surface area contributed by atoms with Gasteiger partial charge < -0.3 is 22.2 Å². The van der Waals surface area contributed by atoms with Crippen molar-refractivity contribution < 1.29 is 22.2 Å². The number of rotatable bonds is 6. The van der Waals surface area contributed by atoms with Crippen molar-refractivity contribution in [3.63, 3.8) is 0 Å². The van der Waals surface area contributed by atoms with Gasteiger partial charge in [-0.3, -0.25) is 0 Å². The maximum atomic E-state index is 7.27. The molecule has 286 valence electrons. The highest BCUT2D eigenvalue weighted by atomic mass is 35.9. The molecule has 0 bridgehead atoms. The van der Waals surface area contributed by atoms with Crippen LogP contribution in [0.1, 0.15) is 122 Å². The van der Waals surface area contributed by atoms with Crippen LogP contribution in [0.4, 0.5) is 0 Å². The van der Waals surface area contributed by atoms with Crippen LogP contribution >= 0.6 is 37.6 Å². The first kappa shape index (κ1) is 41.4. The molecule has 9 heteroatoms. The molecule has 0 radical (unpaired) electrons. The van der Waals surface area contributed by atoms with Crippen molar-refractivity contribution in [2.45, 2.75) is 126 Å². The van der Waals surface area contributed by atoms with E-state index < -0.39 is 15.1 Å². The van der Waals surface area contributed by atoms with Crippen molar-refractivity contribution in [3.8, 4) is 28.4 Å². The molecule has 0 saturated carbocycles. The van der Waals surface area contributed by atoms with Crippen molar-refractivity contribution in [3.05, 3.63) is 87.5 Å². The molecule has 0 atom stereocenters. The lowest BCUT2D eigenvalue weighted by atomic mass is 9.81. The molecular weight excluding hydrogens is 741 g/mol. The largest absolute Gasteiger partial charge is 0.497 e. The molecule has 0 aliphatic carbocycles. The number of methoxy groups -OCH3 is 1. The van der Waals surface area contributed by atoms with Crippen molar-refractivity contribution in [1.82, 2.24) is 0 Å². The molecule has 0 amide bonds. The summed E-state index contributed by atoms with van der Waals surface area (Å²) in [6.45, 7) is 30.8. The number of hydrogen-bond donors (Lipinski definition) is 0. The lowest BCUT2D eigenvalue weighted by Crippen LogP contribution is -2.15. The van der Waals surface area contributed by atoms with Crippen LogP contribution in [0.25, 0.3) is 33.1 Å². The molecule has 0 saturated heterocycles. The SMILES string of the molecule is COc1cc(-c2cc(C)cc(C(C)(C)C)c2Op2oc3c(C(C)(C)C)cc(C)cc3c3cc(C)cc(C(C)(C)C)c3o2)c(OP(Cl)Cl)c(C(C)(C)C)c1. The predicted octanol–water partition coefficient (Wildman–Crippen LogP) is 16.0. The fourth-order valence-corrected chi connectivity index (χ4v) is 8.71. The minimum absolute atomic E-state index is 0.221. The van der Waals surface area contributed by atoms with Crippen molar-refractivity contribution in [1.29, 1.82) is 0 Å². The summed E-state index contributed by atoms with van der Waals surface area (Å²) in [7, 11) is -0.390. The van der Waals surface area contributed by atoms with Crippen LogP contribution in [0.3, 0.4) is 0 Å². The van der Waals surface area contributed by atoms with E-state index in [9.17, 15) is 0 Å². The van der Waals surface area contributed by atoms with Gasteiger partial charge >= 0.3 is 8.24 Å². The summed E-state index contributed by atoms with van der Waals surface area (Å²) in [4.78, 5) is 0. The molecule has 5 rings (SSSR count). The number of aryl methyl sites for hydroxylation is 3. The van der Waals surface area contributed by atoms with Gasteiger partial charge in [0.1, 0.15) is 28.4 Å². The summed E-state index contributed by atoms with van der Waals surface area (Å²) >= 11 is 12.9. The second-order valence-corrected chi connectivity index (χ2v) is 22.4. The van der Waals surface area contributed by atoms with E-state index >= 15 is 0 Å². The van der Waals surface area contributed by atoms with Crippen LogP contribution in [0.2, 0.25) is 0 Å². The maximum Gasteiger partial charge on any atom is 0.453 e. The Labute approximate surface area is 328 Å². The first-order chi connectivity index (χ1) is 24.3. The van der Waals surface area contributed by atoms with E-state index in [2.05, 4.69) is 140 Å². The molecule has 5 aromatic rings. The molecule has 1 aromatic heterocycles. The van der Waals surface area contributed by atoms with E-state index in [0.29, 0.717) is 17.2 Å². The number of ether oxygens (including phenoxy) is 1. The molecule has 0 fully saturated rings. The Morgan fingerprint density at radius 3 is 1.34 bits per heavy atom. The van der Waals surface area contributed by atoms with Crippen molar-refractivity contribution in [2.75, 3.05) is 7.11 Å². The summed E-state index contributed by atoms with van der Waals surface area (Å²) in [5.74, 6) is 1.91. The minimum Gasteiger partial charge on any atom is -0.497 e. The van der Waals surface area contributed by atoms with Crippen LogP contribution < -0.4 is 13.8 Å². The number of fused-ring (bicyclic) bond motifs is 3. The van der Waals surface area contributed by atoms with Gasteiger partial charge in [-0.15, -0.1) is 0 Å². The third kappa shape index (κ3) is 8.86. The fraction of sp³-hybridized carbons (Fsp3) is 0.455. The summed E-state index contributed by atoms with van der Waals surface area (Å²) in [5, 5.41) is 2.01. The van der Waals surface area contributed by atoms with E-state index in [1.165, 1.54) is 0 Å². The topological polar surface area (TPSA) is 54.0 Å². The Morgan fingerprint density at radius 2 is 0.925 bits per heavy atom. The quantitative estimate of drug-likeness (QED) is 0.160. The molecule has 0 spiro atoms. The summed E-state index contributed by atoms with van der Waals surface area (Å²) in [6, 6.07) is 17.1. The highest BCUT2D eigenvalue weighted by Crippen LogP contribution is 2.56. The van der Waals surface area contributed by atoms with Crippen LogP contribution in [0.5, 0.6) is 17.2 Å². The molecule has 5 nitrogen and oxygen atoms in total. The number of benzene rings is 4. The van der Waals surface area contributed by atoms with Crippen molar-refractivity contribution >= 4 is 59.5 Å². The Morgan fingerprint density at radius 1 is 0.528 bits per heavy atom. The highest BCUT2D eigenvalue weighted by molar-refractivity contribution is 8.00. The molecule has 0 unspecified atom stereocenters. The summed E-state index contributed by atoms with van der Waals surface area (Å²) in [5.41, 5.74) is 9.49. The van der Waals surface area contributed by atoms with Gasteiger partial charge in [0.2, 0.25) is 0 Å². The summed E-state index contributed by atoms with van der Waals surface area (Å²) < 4.78 is 33.7. The molecule has 0 aliphatic heterocycles. The number of halogens is 2. The normalized spacial score (nSPS) is 12.9. The Hall–Kier alpha value is -2.81. The fourth-order valence-electron chi connectivity index (χ4n) is 6.81. The standard InChI is InChI=1S/C44H56Cl2O5P2/c1-25-17-29-30-18-26(2)21-34(42(7,8)9)39(30)50-53(49-38(29)33(20-25)41(4,5)6)51-40-31(19-27(3)22-35(40)43(10,11)12)32-23-28(47-16)24-36(44(13,14)15)37(32)48-52(45)46/h17-24H,1-16H3. The van der Waals surface area contributed by atoms with Gasteiger partial charge in [0, 0.05) is 44.2 Å². The zero-order chi connectivity index (χ0) is 39.6. The molecular formula is C44H56Cl2O5P2. The van der Waals surface area contributed by atoms with Gasteiger partial charge in [-0.1, -0.05) is 101 Å². The van der Waals surface area contributed by atoms with Crippen LogP contribution in [0, 0.1) is 20.8 Å². The van der Waals surface area contributed by atoms with Crippen LogP contribution in [-0.2, 0) is 21.7 Å². The van der Waals surface area contributed by atoms with Crippen LogP contribution in [-0.4, -0.2) is 7.11 Å². The monoisotopic (exact) mass is 796 g/mol.